The van der Waals surface area contributed by atoms with Gasteiger partial charge in [-0.25, -0.2) is 0 Å². The van der Waals surface area contributed by atoms with Crippen LogP contribution < -0.4 is 5.32 Å². The van der Waals surface area contributed by atoms with E-state index in [-0.39, 0.29) is 5.41 Å². The molecule has 1 saturated carbocycles. The van der Waals surface area contributed by atoms with E-state index in [9.17, 15) is 5.11 Å². The second-order valence-electron chi connectivity index (χ2n) is 5.09. The largest absolute Gasteiger partial charge is 0.396 e. The van der Waals surface area contributed by atoms with Gasteiger partial charge >= 0.3 is 0 Å². The van der Waals surface area contributed by atoms with Crippen molar-refractivity contribution in [1.82, 2.24) is 5.32 Å². The zero-order chi connectivity index (χ0) is 12.3. The lowest BCUT2D eigenvalue weighted by Crippen LogP contribution is -2.34. The third-order valence-electron chi connectivity index (χ3n) is 3.71. The molecule has 2 rings (SSSR count). The van der Waals surface area contributed by atoms with E-state index in [1.807, 2.05) is 11.3 Å². The van der Waals surface area contributed by atoms with Crippen molar-refractivity contribution in [2.75, 3.05) is 13.2 Å². The first-order valence-electron chi connectivity index (χ1n) is 6.22. The molecule has 0 aromatic carbocycles. The molecule has 0 radical (unpaired) electrons. The average Bonchev–Trinajstić information content (AvgIpc) is 2.89. The van der Waals surface area contributed by atoms with Gasteiger partial charge in [0.15, 0.2) is 0 Å². The van der Waals surface area contributed by atoms with Gasteiger partial charge in [-0.2, -0.15) is 0 Å². The second-order valence-corrected chi connectivity index (χ2v) is 7.28. The lowest BCUT2D eigenvalue weighted by Gasteiger charge is -2.26. The number of hydrogen-bond acceptors (Lipinski definition) is 3. The molecule has 0 aliphatic heterocycles. The monoisotopic (exact) mass is 317 g/mol. The van der Waals surface area contributed by atoms with Crippen molar-refractivity contribution in [2.24, 2.45) is 5.41 Å². The minimum absolute atomic E-state index is 0.156. The molecule has 96 valence electrons. The van der Waals surface area contributed by atoms with Gasteiger partial charge in [-0.05, 0) is 41.8 Å². The van der Waals surface area contributed by atoms with Crippen molar-refractivity contribution in [3.63, 3.8) is 0 Å². The maximum absolute atomic E-state index is 9.52. The summed E-state index contributed by atoms with van der Waals surface area (Å²) in [5.41, 5.74) is 0.156. The lowest BCUT2D eigenvalue weighted by molar-refractivity contribution is 0.128. The first-order valence-corrected chi connectivity index (χ1v) is 7.83. The summed E-state index contributed by atoms with van der Waals surface area (Å²) in [6.45, 7) is 4.31. The molecule has 1 fully saturated rings. The molecule has 0 atom stereocenters. The number of halogens is 1. The molecule has 0 saturated heterocycles. The molecule has 2 N–H and O–H groups in total. The Kier molecular flexibility index (Phi) is 4.64. The predicted octanol–water partition coefficient (Wildman–Crippen LogP) is 3.46. The molecule has 17 heavy (non-hydrogen) atoms. The minimum Gasteiger partial charge on any atom is -0.396 e. The van der Waals surface area contributed by atoms with Crippen LogP contribution in [0.15, 0.2) is 10.5 Å². The van der Waals surface area contributed by atoms with E-state index in [0.717, 1.165) is 13.1 Å². The highest BCUT2D eigenvalue weighted by Gasteiger charge is 2.32. The Morgan fingerprint density at radius 1 is 1.47 bits per heavy atom. The number of thiophene rings is 1. The highest BCUT2D eigenvalue weighted by atomic mass is 79.9. The molecular weight excluding hydrogens is 298 g/mol. The van der Waals surface area contributed by atoms with Crippen molar-refractivity contribution in [3.05, 3.63) is 20.3 Å². The van der Waals surface area contributed by atoms with Crippen LogP contribution in [0.25, 0.3) is 0 Å². The van der Waals surface area contributed by atoms with Gasteiger partial charge in [0.2, 0.25) is 0 Å². The van der Waals surface area contributed by atoms with E-state index in [4.69, 9.17) is 0 Å². The average molecular weight is 318 g/mol. The van der Waals surface area contributed by atoms with Crippen LogP contribution in [0, 0.1) is 12.3 Å². The molecule has 4 heteroatoms. The zero-order valence-electron chi connectivity index (χ0n) is 10.3. The summed E-state index contributed by atoms with van der Waals surface area (Å²) >= 11 is 5.37. The number of rotatable bonds is 5. The van der Waals surface area contributed by atoms with Crippen LogP contribution in [0.4, 0.5) is 0 Å². The van der Waals surface area contributed by atoms with E-state index >= 15 is 0 Å². The summed E-state index contributed by atoms with van der Waals surface area (Å²) < 4.78 is 1.21. The highest BCUT2D eigenvalue weighted by molar-refractivity contribution is 9.10. The standard InChI is InChI=1S/C13H20BrNOS/c1-10-12(14)6-11(17-10)7-15-8-13(9-16)4-2-3-5-13/h6,15-16H,2-5,7-9H2,1H3. The van der Waals surface area contributed by atoms with Gasteiger partial charge in [0.1, 0.15) is 0 Å². The van der Waals surface area contributed by atoms with Gasteiger partial charge in [0.25, 0.3) is 0 Å². The number of aryl methyl sites for hydroxylation is 1. The van der Waals surface area contributed by atoms with Crippen LogP contribution in [0.2, 0.25) is 0 Å². The second kappa shape index (κ2) is 5.83. The van der Waals surface area contributed by atoms with Crippen molar-refractivity contribution < 1.29 is 5.11 Å². The summed E-state index contributed by atoms with van der Waals surface area (Å²) in [7, 11) is 0. The fraction of sp³-hybridized carbons (Fsp3) is 0.692. The molecule has 1 aromatic heterocycles. The van der Waals surface area contributed by atoms with Crippen LogP contribution in [-0.2, 0) is 6.54 Å². The molecular formula is C13H20BrNOS. The van der Waals surface area contributed by atoms with Crippen LogP contribution in [-0.4, -0.2) is 18.3 Å². The number of nitrogens with one attached hydrogen (secondary N) is 1. The molecule has 0 unspecified atom stereocenters. The molecule has 2 nitrogen and oxygen atoms in total. The fourth-order valence-electron chi connectivity index (χ4n) is 2.57. The van der Waals surface area contributed by atoms with E-state index in [2.05, 4.69) is 34.2 Å². The summed E-state index contributed by atoms with van der Waals surface area (Å²) in [5.74, 6) is 0. The lowest BCUT2D eigenvalue weighted by atomic mass is 9.87. The molecule has 1 aliphatic rings. The minimum atomic E-state index is 0.156. The van der Waals surface area contributed by atoms with Crippen LogP contribution >= 0.6 is 27.3 Å². The summed E-state index contributed by atoms with van der Waals surface area (Å²) in [6, 6.07) is 2.19. The summed E-state index contributed by atoms with van der Waals surface area (Å²) in [6.07, 6.45) is 4.88. The Morgan fingerprint density at radius 2 is 2.18 bits per heavy atom. The molecule has 0 bridgehead atoms. The van der Waals surface area contributed by atoms with E-state index in [1.165, 1.54) is 39.9 Å². The number of aliphatic hydroxyl groups is 1. The third kappa shape index (κ3) is 3.31. The number of aliphatic hydroxyl groups excluding tert-OH is 1. The van der Waals surface area contributed by atoms with Crippen LogP contribution in [0.1, 0.15) is 35.4 Å². The maximum Gasteiger partial charge on any atom is 0.0499 e. The number of hydrogen-bond donors (Lipinski definition) is 2. The third-order valence-corrected chi connectivity index (χ3v) is 5.84. The van der Waals surface area contributed by atoms with E-state index < -0.39 is 0 Å². The Balaban J connectivity index is 1.82. The van der Waals surface area contributed by atoms with Gasteiger partial charge in [0.05, 0.1) is 0 Å². The van der Waals surface area contributed by atoms with Gasteiger partial charge in [-0.1, -0.05) is 12.8 Å². The smallest absolute Gasteiger partial charge is 0.0499 e. The molecule has 1 heterocycles. The van der Waals surface area contributed by atoms with Crippen LogP contribution in [0.3, 0.4) is 0 Å². The first-order chi connectivity index (χ1) is 8.15. The van der Waals surface area contributed by atoms with Crippen LogP contribution in [0.5, 0.6) is 0 Å². The fourth-order valence-corrected chi connectivity index (χ4v) is 4.14. The quantitative estimate of drug-likeness (QED) is 0.871. The SMILES string of the molecule is Cc1sc(CNCC2(CO)CCCC2)cc1Br. The van der Waals surface area contributed by atoms with Crippen molar-refractivity contribution in [3.8, 4) is 0 Å². The van der Waals surface area contributed by atoms with Gasteiger partial charge < -0.3 is 10.4 Å². The Bertz CT molecular complexity index is 352. The molecule has 0 spiro atoms. The van der Waals surface area contributed by atoms with E-state index in [1.54, 1.807) is 0 Å². The molecule has 1 aromatic rings. The molecule has 0 amide bonds. The van der Waals surface area contributed by atoms with Gasteiger partial charge in [0, 0.05) is 39.3 Å². The van der Waals surface area contributed by atoms with Gasteiger partial charge in [-0.15, -0.1) is 11.3 Å². The predicted molar refractivity (Wildman–Crippen MR) is 76.4 cm³/mol. The Hall–Kier alpha value is 0.100. The first kappa shape index (κ1) is 13.5. The topological polar surface area (TPSA) is 32.3 Å². The Labute approximate surface area is 116 Å². The summed E-state index contributed by atoms with van der Waals surface area (Å²) in [5, 5.41) is 13.0. The summed E-state index contributed by atoms with van der Waals surface area (Å²) in [4.78, 5) is 2.69. The zero-order valence-corrected chi connectivity index (χ0v) is 12.7. The van der Waals surface area contributed by atoms with Gasteiger partial charge in [-0.3, -0.25) is 0 Å². The Morgan fingerprint density at radius 3 is 2.71 bits per heavy atom. The highest BCUT2D eigenvalue weighted by Crippen LogP contribution is 2.37. The normalized spacial score (nSPS) is 18.8. The van der Waals surface area contributed by atoms with Crippen molar-refractivity contribution in [2.45, 2.75) is 39.2 Å². The molecule has 1 aliphatic carbocycles. The van der Waals surface area contributed by atoms with Crippen molar-refractivity contribution >= 4 is 27.3 Å². The maximum atomic E-state index is 9.52. The van der Waals surface area contributed by atoms with Crippen molar-refractivity contribution in [1.29, 1.82) is 0 Å². The van der Waals surface area contributed by atoms with E-state index in [0.29, 0.717) is 6.61 Å².